The zero-order valence-corrected chi connectivity index (χ0v) is 12.1. The number of benzene rings is 1. The third kappa shape index (κ3) is 1.50. The van der Waals surface area contributed by atoms with Crippen LogP contribution in [0.25, 0.3) is 0 Å². The van der Waals surface area contributed by atoms with E-state index in [9.17, 15) is 9.59 Å². The number of hydrogen-bond donors (Lipinski definition) is 0. The molecule has 0 radical (unpaired) electrons. The van der Waals surface area contributed by atoms with E-state index in [1.807, 2.05) is 12.1 Å². The zero-order valence-electron chi connectivity index (χ0n) is 10.5. The van der Waals surface area contributed by atoms with Crippen molar-refractivity contribution in [2.45, 2.75) is 18.6 Å². The van der Waals surface area contributed by atoms with Crippen LogP contribution in [0.1, 0.15) is 12.5 Å². The van der Waals surface area contributed by atoms with Crippen molar-refractivity contribution in [2.75, 3.05) is 18.6 Å². The summed E-state index contributed by atoms with van der Waals surface area (Å²) < 4.78 is 11.2. The second-order valence-corrected chi connectivity index (χ2v) is 5.34. The molecule has 2 aliphatic heterocycles. The fourth-order valence-corrected chi connectivity index (χ4v) is 3.21. The van der Waals surface area contributed by atoms with E-state index in [1.165, 1.54) is 4.90 Å². The highest BCUT2D eigenvalue weighted by Gasteiger charge is 2.73. The van der Waals surface area contributed by atoms with Crippen LogP contribution in [0.3, 0.4) is 0 Å². The largest absolute Gasteiger partial charge is 0.464 e. The summed E-state index contributed by atoms with van der Waals surface area (Å²) in [5.74, 6) is -0.718. The molecular formula is C13H12BrNO4. The molecule has 2 aliphatic rings. The number of para-hydroxylation sites is 1. The minimum absolute atomic E-state index is 0.229. The molecule has 1 spiro atoms. The first-order chi connectivity index (χ1) is 9.04. The van der Waals surface area contributed by atoms with Crippen molar-refractivity contribution >= 4 is 33.5 Å². The Bertz CT molecular complexity index is 588. The van der Waals surface area contributed by atoms with Gasteiger partial charge >= 0.3 is 5.97 Å². The monoisotopic (exact) mass is 325 g/mol. The van der Waals surface area contributed by atoms with Crippen LogP contribution in [0.4, 0.5) is 5.69 Å². The first-order valence-electron chi connectivity index (χ1n) is 5.95. The summed E-state index contributed by atoms with van der Waals surface area (Å²) in [7, 11) is 1.67. The fourth-order valence-electron chi connectivity index (χ4n) is 2.57. The summed E-state index contributed by atoms with van der Waals surface area (Å²) in [6.07, 6.45) is -0.835. The van der Waals surface area contributed by atoms with Gasteiger partial charge in [0.1, 0.15) is 0 Å². The Kier molecular flexibility index (Phi) is 2.69. The lowest BCUT2D eigenvalue weighted by Gasteiger charge is -2.10. The molecule has 0 aromatic heterocycles. The number of amides is 1. The van der Waals surface area contributed by atoms with Gasteiger partial charge in [-0.3, -0.25) is 4.79 Å². The lowest BCUT2D eigenvalue weighted by atomic mass is 9.97. The fraction of sp³-hybridized carbons (Fsp3) is 0.385. The van der Waals surface area contributed by atoms with Crippen LogP contribution >= 0.6 is 15.9 Å². The molecule has 100 valence electrons. The first-order valence-corrected chi connectivity index (χ1v) is 6.75. The summed E-state index contributed by atoms with van der Waals surface area (Å²) in [6, 6.07) is 5.48. The molecule has 6 heteroatoms. The van der Waals surface area contributed by atoms with Crippen LogP contribution in [0.15, 0.2) is 22.7 Å². The van der Waals surface area contributed by atoms with E-state index in [4.69, 9.17) is 9.47 Å². The van der Waals surface area contributed by atoms with Gasteiger partial charge in [0.2, 0.25) is 5.60 Å². The number of halogens is 1. The number of epoxide rings is 1. The van der Waals surface area contributed by atoms with Crippen molar-refractivity contribution in [2.24, 2.45) is 0 Å². The van der Waals surface area contributed by atoms with Crippen LogP contribution < -0.4 is 4.90 Å². The Labute approximate surface area is 118 Å². The van der Waals surface area contributed by atoms with Crippen LogP contribution in [0.5, 0.6) is 0 Å². The molecule has 1 fully saturated rings. The smallest absolute Gasteiger partial charge is 0.339 e. The van der Waals surface area contributed by atoms with Crippen molar-refractivity contribution in [3.63, 3.8) is 0 Å². The second kappa shape index (κ2) is 4.05. The van der Waals surface area contributed by atoms with Gasteiger partial charge in [-0.1, -0.05) is 12.1 Å². The van der Waals surface area contributed by atoms with Crippen LogP contribution in [0.2, 0.25) is 0 Å². The maximum absolute atomic E-state index is 12.4. The average molecular weight is 326 g/mol. The minimum atomic E-state index is -1.18. The van der Waals surface area contributed by atoms with Gasteiger partial charge in [0.15, 0.2) is 6.10 Å². The maximum atomic E-state index is 12.4. The van der Waals surface area contributed by atoms with Gasteiger partial charge in [0, 0.05) is 17.1 Å². The number of anilines is 1. The highest BCUT2D eigenvalue weighted by molar-refractivity contribution is 9.10. The number of nitrogens with zero attached hydrogens (tertiary/aromatic N) is 1. The quantitative estimate of drug-likeness (QED) is 0.612. The second-order valence-electron chi connectivity index (χ2n) is 4.49. The summed E-state index contributed by atoms with van der Waals surface area (Å²) >= 11 is 3.42. The summed E-state index contributed by atoms with van der Waals surface area (Å²) in [4.78, 5) is 25.7. The lowest BCUT2D eigenvalue weighted by Crippen LogP contribution is -2.33. The van der Waals surface area contributed by atoms with Gasteiger partial charge in [0.05, 0.1) is 12.3 Å². The van der Waals surface area contributed by atoms with Crippen molar-refractivity contribution in [3.05, 3.63) is 28.2 Å². The molecule has 19 heavy (non-hydrogen) atoms. The Morgan fingerprint density at radius 2 is 2.32 bits per heavy atom. The number of carbonyl (C=O) groups is 2. The zero-order chi connectivity index (χ0) is 13.8. The molecule has 0 unspecified atom stereocenters. The Morgan fingerprint density at radius 1 is 1.58 bits per heavy atom. The summed E-state index contributed by atoms with van der Waals surface area (Å²) in [6.45, 7) is 1.99. The van der Waals surface area contributed by atoms with Gasteiger partial charge in [-0.15, -0.1) is 0 Å². The SMILES string of the molecule is CCOC(=O)[C@@H]1O[C@@]12C(=O)N(C)c1c(Br)cccc12. The highest BCUT2D eigenvalue weighted by atomic mass is 79.9. The Balaban J connectivity index is 2.05. The van der Waals surface area contributed by atoms with Gasteiger partial charge in [-0.25, -0.2) is 4.79 Å². The number of hydrogen-bond acceptors (Lipinski definition) is 4. The minimum Gasteiger partial charge on any atom is -0.464 e. The van der Waals surface area contributed by atoms with E-state index < -0.39 is 17.7 Å². The standard InChI is InChI=1S/C13H12BrNO4/c1-3-18-11(16)10-13(19-10)7-5-4-6-8(14)9(7)15(2)12(13)17/h4-6,10H,3H2,1-2H3/t10-,13+/m0/s1. The van der Waals surface area contributed by atoms with Gasteiger partial charge < -0.3 is 14.4 Å². The summed E-state index contributed by atoms with van der Waals surface area (Å²) in [5.41, 5.74) is 0.284. The van der Waals surface area contributed by atoms with E-state index >= 15 is 0 Å². The topological polar surface area (TPSA) is 59.1 Å². The molecule has 1 saturated heterocycles. The van der Waals surface area contributed by atoms with E-state index in [-0.39, 0.29) is 12.5 Å². The van der Waals surface area contributed by atoms with Crippen LogP contribution in [-0.2, 0) is 24.7 Å². The number of carbonyl (C=O) groups excluding carboxylic acids is 2. The van der Waals surface area contributed by atoms with Gasteiger partial charge in [-0.2, -0.15) is 0 Å². The van der Waals surface area contributed by atoms with Crippen molar-refractivity contribution < 1.29 is 19.1 Å². The Morgan fingerprint density at radius 3 is 3.00 bits per heavy atom. The van der Waals surface area contributed by atoms with E-state index in [2.05, 4.69) is 15.9 Å². The number of rotatable bonds is 2. The van der Waals surface area contributed by atoms with Crippen LogP contribution in [-0.4, -0.2) is 31.6 Å². The first kappa shape index (κ1) is 12.6. The molecule has 0 aliphatic carbocycles. The number of ether oxygens (including phenoxy) is 2. The molecule has 3 rings (SSSR count). The lowest BCUT2D eigenvalue weighted by molar-refractivity contribution is -0.144. The molecule has 1 aromatic carbocycles. The average Bonchev–Trinajstić information content (AvgIpc) is 3.09. The number of esters is 1. The predicted molar refractivity (Wildman–Crippen MR) is 70.7 cm³/mol. The van der Waals surface area contributed by atoms with Crippen molar-refractivity contribution in [3.8, 4) is 0 Å². The van der Waals surface area contributed by atoms with E-state index in [0.29, 0.717) is 5.56 Å². The highest BCUT2D eigenvalue weighted by Crippen LogP contribution is 2.57. The molecule has 1 amide bonds. The Hall–Kier alpha value is -1.40. The predicted octanol–water partition coefficient (Wildman–Crippen LogP) is 1.58. The molecule has 0 N–H and O–H groups in total. The summed E-state index contributed by atoms with van der Waals surface area (Å²) in [5, 5.41) is 0. The van der Waals surface area contributed by atoms with E-state index in [0.717, 1.165) is 10.2 Å². The van der Waals surface area contributed by atoms with E-state index in [1.54, 1.807) is 20.0 Å². The molecule has 2 atom stereocenters. The molecule has 0 bridgehead atoms. The molecule has 5 nitrogen and oxygen atoms in total. The van der Waals surface area contributed by atoms with Crippen molar-refractivity contribution in [1.82, 2.24) is 0 Å². The number of fused-ring (bicyclic) bond motifs is 2. The molecule has 0 saturated carbocycles. The molecule has 1 aromatic rings. The number of likely N-dealkylation sites (N-methyl/N-ethyl adjacent to an activating group) is 1. The van der Waals surface area contributed by atoms with Gasteiger partial charge in [-0.05, 0) is 28.9 Å². The molecular weight excluding hydrogens is 314 g/mol. The third-order valence-corrected chi connectivity index (χ3v) is 4.10. The van der Waals surface area contributed by atoms with Crippen LogP contribution in [0, 0.1) is 0 Å². The maximum Gasteiger partial charge on any atom is 0.339 e. The normalized spacial score (nSPS) is 27.6. The third-order valence-electron chi connectivity index (χ3n) is 3.46. The van der Waals surface area contributed by atoms with Crippen molar-refractivity contribution in [1.29, 1.82) is 0 Å². The molecule has 2 heterocycles. The van der Waals surface area contributed by atoms with Gasteiger partial charge in [0.25, 0.3) is 5.91 Å².